The highest BCUT2D eigenvalue weighted by Gasteiger charge is 2.10. The van der Waals surface area contributed by atoms with Crippen molar-refractivity contribution >= 4 is 9.84 Å². The topological polar surface area (TPSA) is 62.8 Å². The first kappa shape index (κ1) is 7.27. The Morgan fingerprint density at radius 3 is 2.80 bits per heavy atom. The molecule has 0 bridgehead atoms. The number of sulfone groups is 1. The van der Waals surface area contributed by atoms with Crippen molar-refractivity contribution in [1.29, 1.82) is 0 Å². The molecule has 56 valence electrons. The van der Waals surface area contributed by atoms with E-state index in [2.05, 4.69) is 10.2 Å². The summed E-state index contributed by atoms with van der Waals surface area (Å²) >= 11 is 0. The number of hydrogen-bond donors (Lipinski definition) is 1. The molecule has 5 heteroatoms. The van der Waals surface area contributed by atoms with Crippen molar-refractivity contribution < 1.29 is 8.42 Å². The summed E-state index contributed by atoms with van der Waals surface area (Å²) in [4.78, 5) is 0.259. The lowest BCUT2D eigenvalue weighted by atomic mass is 10.7. The number of nitrogens with zero attached hydrogens (tertiary/aromatic N) is 1. The highest BCUT2D eigenvalue weighted by atomic mass is 32.2. The van der Waals surface area contributed by atoms with Gasteiger partial charge in [-0.15, -0.1) is 0 Å². The van der Waals surface area contributed by atoms with Gasteiger partial charge in [-0.3, -0.25) is 5.10 Å². The highest BCUT2D eigenvalue weighted by molar-refractivity contribution is 7.91. The Hall–Kier alpha value is -0.840. The highest BCUT2D eigenvalue weighted by Crippen LogP contribution is 2.05. The number of rotatable bonds is 2. The standard InChI is InChI=1S/C5H8N2O2S/c1-2-10(8,9)5-3-6-7-4-5/h3-4H,2H2,1H3,(H,6,7). The third-order valence-corrected chi connectivity index (χ3v) is 2.91. The van der Waals surface area contributed by atoms with E-state index in [1.165, 1.54) is 12.4 Å². The first-order valence-electron chi connectivity index (χ1n) is 2.88. The van der Waals surface area contributed by atoms with E-state index >= 15 is 0 Å². The van der Waals surface area contributed by atoms with Crippen LogP contribution < -0.4 is 0 Å². The summed E-state index contributed by atoms with van der Waals surface area (Å²) in [7, 11) is -3.05. The van der Waals surface area contributed by atoms with E-state index in [0.29, 0.717) is 0 Å². The molecule has 10 heavy (non-hydrogen) atoms. The van der Waals surface area contributed by atoms with E-state index in [1.807, 2.05) is 0 Å². The second-order valence-electron chi connectivity index (χ2n) is 1.84. The lowest BCUT2D eigenvalue weighted by Gasteiger charge is -1.92. The molecule has 0 saturated carbocycles. The summed E-state index contributed by atoms with van der Waals surface area (Å²) in [6.45, 7) is 1.60. The van der Waals surface area contributed by atoms with E-state index in [4.69, 9.17) is 0 Å². The van der Waals surface area contributed by atoms with Gasteiger partial charge in [-0.05, 0) is 0 Å². The van der Waals surface area contributed by atoms with E-state index in [0.717, 1.165) is 0 Å². The number of hydrogen-bond acceptors (Lipinski definition) is 3. The van der Waals surface area contributed by atoms with Crippen LogP contribution in [0.15, 0.2) is 17.3 Å². The molecular formula is C5H8N2O2S. The van der Waals surface area contributed by atoms with E-state index in [-0.39, 0.29) is 10.6 Å². The van der Waals surface area contributed by atoms with Crippen LogP contribution in [-0.4, -0.2) is 24.4 Å². The molecule has 1 aromatic rings. The number of H-pyrrole nitrogens is 1. The Bertz CT molecular complexity index is 287. The van der Waals surface area contributed by atoms with Crippen LogP contribution in [0.4, 0.5) is 0 Å². The van der Waals surface area contributed by atoms with Crippen molar-refractivity contribution in [3.8, 4) is 0 Å². The van der Waals surface area contributed by atoms with Gasteiger partial charge in [0.2, 0.25) is 0 Å². The predicted octanol–water partition coefficient (Wildman–Crippen LogP) is 0.203. The molecule has 0 unspecified atom stereocenters. The molecule has 1 N–H and O–H groups in total. The van der Waals surface area contributed by atoms with E-state index in [1.54, 1.807) is 6.92 Å². The van der Waals surface area contributed by atoms with Gasteiger partial charge in [0.05, 0.1) is 11.9 Å². The molecule has 1 rings (SSSR count). The van der Waals surface area contributed by atoms with Crippen molar-refractivity contribution in [3.63, 3.8) is 0 Å². The van der Waals surface area contributed by atoms with Crippen LogP contribution in [0.5, 0.6) is 0 Å². The van der Waals surface area contributed by atoms with Gasteiger partial charge < -0.3 is 0 Å². The van der Waals surface area contributed by atoms with Gasteiger partial charge in [0.1, 0.15) is 4.90 Å². The summed E-state index contributed by atoms with van der Waals surface area (Å²) < 4.78 is 22.0. The number of aromatic amines is 1. The molecule has 0 amide bonds. The van der Waals surface area contributed by atoms with Crippen molar-refractivity contribution in [3.05, 3.63) is 12.4 Å². The maximum absolute atomic E-state index is 11.0. The van der Waals surface area contributed by atoms with Crippen molar-refractivity contribution in [2.45, 2.75) is 11.8 Å². The van der Waals surface area contributed by atoms with Crippen LogP contribution in [0.3, 0.4) is 0 Å². The summed E-state index contributed by atoms with van der Waals surface area (Å²) in [5.74, 6) is 0.118. The first-order valence-corrected chi connectivity index (χ1v) is 4.53. The quantitative estimate of drug-likeness (QED) is 0.672. The first-order chi connectivity index (χ1) is 4.67. The van der Waals surface area contributed by atoms with Crippen molar-refractivity contribution in [2.75, 3.05) is 5.75 Å². The monoisotopic (exact) mass is 160 g/mol. The third-order valence-electron chi connectivity index (χ3n) is 1.21. The van der Waals surface area contributed by atoms with Gasteiger partial charge in [-0.1, -0.05) is 6.92 Å². The fraction of sp³-hybridized carbons (Fsp3) is 0.400. The molecule has 0 atom stereocenters. The molecule has 0 aliphatic heterocycles. The van der Waals surface area contributed by atoms with Crippen LogP contribution in [0, 0.1) is 0 Å². The van der Waals surface area contributed by atoms with E-state index < -0.39 is 9.84 Å². The molecule has 0 fully saturated rings. The van der Waals surface area contributed by atoms with Crippen LogP contribution in [0.2, 0.25) is 0 Å². The molecule has 0 spiro atoms. The van der Waals surface area contributed by atoms with Crippen molar-refractivity contribution in [1.82, 2.24) is 10.2 Å². The normalized spacial score (nSPS) is 11.7. The molecule has 4 nitrogen and oxygen atoms in total. The number of aromatic nitrogens is 2. The van der Waals surface area contributed by atoms with Gasteiger partial charge in [-0.25, -0.2) is 8.42 Å². The Balaban J connectivity index is 3.09. The second-order valence-corrected chi connectivity index (χ2v) is 4.12. The lowest BCUT2D eigenvalue weighted by Crippen LogP contribution is -2.01. The maximum Gasteiger partial charge on any atom is 0.181 e. The smallest absolute Gasteiger partial charge is 0.181 e. The minimum atomic E-state index is -3.05. The van der Waals surface area contributed by atoms with Gasteiger partial charge >= 0.3 is 0 Å². The maximum atomic E-state index is 11.0. The van der Waals surface area contributed by atoms with Crippen LogP contribution >= 0.6 is 0 Å². The van der Waals surface area contributed by atoms with Gasteiger partial charge in [0.25, 0.3) is 0 Å². The van der Waals surface area contributed by atoms with Crippen LogP contribution in [0.1, 0.15) is 6.92 Å². The minimum absolute atomic E-state index is 0.118. The fourth-order valence-corrected chi connectivity index (χ4v) is 1.35. The summed E-state index contributed by atoms with van der Waals surface area (Å²) in [6, 6.07) is 0. The molecule has 0 aliphatic rings. The van der Waals surface area contributed by atoms with Crippen LogP contribution in [-0.2, 0) is 9.84 Å². The molecule has 1 heterocycles. The molecule has 0 aromatic carbocycles. The molecular weight excluding hydrogens is 152 g/mol. The molecule has 0 aliphatic carbocycles. The van der Waals surface area contributed by atoms with E-state index in [9.17, 15) is 8.42 Å². The Labute approximate surface area is 59.2 Å². The SMILES string of the molecule is CCS(=O)(=O)c1cn[nH]c1. The number of nitrogens with one attached hydrogen (secondary N) is 1. The summed E-state index contributed by atoms with van der Waals surface area (Å²) in [5, 5.41) is 5.97. The third kappa shape index (κ3) is 1.18. The largest absolute Gasteiger partial charge is 0.284 e. The Morgan fingerprint density at radius 2 is 2.40 bits per heavy atom. The van der Waals surface area contributed by atoms with Crippen molar-refractivity contribution in [2.24, 2.45) is 0 Å². The molecule has 0 saturated heterocycles. The fourth-order valence-electron chi connectivity index (χ4n) is 0.576. The van der Waals surface area contributed by atoms with Gasteiger partial charge in [0, 0.05) is 6.20 Å². The zero-order chi connectivity index (χ0) is 7.61. The zero-order valence-corrected chi connectivity index (χ0v) is 6.35. The predicted molar refractivity (Wildman–Crippen MR) is 36.3 cm³/mol. The van der Waals surface area contributed by atoms with Gasteiger partial charge in [-0.2, -0.15) is 5.10 Å². The summed E-state index contributed by atoms with van der Waals surface area (Å²) in [6.07, 6.45) is 2.68. The lowest BCUT2D eigenvalue weighted by molar-refractivity contribution is 0.597. The van der Waals surface area contributed by atoms with Gasteiger partial charge in [0.15, 0.2) is 9.84 Å². The molecule has 0 radical (unpaired) electrons. The zero-order valence-electron chi connectivity index (χ0n) is 5.53. The second kappa shape index (κ2) is 2.42. The molecule has 1 aromatic heterocycles. The van der Waals surface area contributed by atoms with Crippen LogP contribution in [0.25, 0.3) is 0 Å². The Morgan fingerprint density at radius 1 is 1.70 bits per heavy atom. The average molecular weight is 160 g/mol. The minimum Gasteiger partial charge on any atom is -0.284 e. The average Bonchev–Trinajstić information content (AvgIpc) is 2.38. The Kier molecular flexibility index (Phi) is 1.76. The summed E-state index contributed by atoms with van der Waals surface area (Å²) in [5.41, 5.74) is 0.